The fraction of sp³-hybridized carbons (Fsp3) is 0.444. The highest BCUT2D eigenvalue weighted by Gasteiger charge is 2.29. The topological polar surface area (TPSA) is 105 Å². The molecule has 3 rings (SSSR count). The lowest BCUT2D eigenvalue weighted by Crippen LogP contribution is -2.41. The molecule has 1 unspecified atom stereocenters. The van der Waals surface area contributed by atoms with Gasteiger partial charge in [0.2, 0.25) is 5.91 Å². The second-order valence-corrected chi connectivity index (χ2v) is 9.20. The van der Waals surface area contributed by atoms with E-state index in [9.17, 15) is 14.4 Å². The van der Waals surface area contributed by atoms with Crippen LogP contribution in [0.25, 0.3) is 11.1 Å². The monoisotopic (exact) mass is 466 g/mol. The van der Waals surface area contributed by atoms with Crippen LogP contribution in [0.2, 0.25) is 0 Å². The number of aliphatic carboxylic acids is 1. The van der Waals surface area contributed by atoms with E-state index >= 15 is 0 Å². The molecule has 182 valence electrons. The largest absolute Gasteiger partial charge is 0.481 e. The van der Waals surface area contributed by atoms with E-state index in [1.54, 1.807) is 0 Å². The van der Waals surface area contributed by atoms with Gasteiger partial charge in [-0.2, -0.15) is 0 Å². The Kier molecular flexibility index (Phi) is 8.68. The van der Waals surface area contributed by atoms with Crippen molar-refractivity contribution in [3.8, 4) is 11.1 Å². The van der Waals surface area contributed by atoms with E-state index in [0.717, 1.165) is 11.1 Å². The summed E-state index contributed by atoms with van der Waals surface area (Å²) in [5, 5.41) is 14.6. The van der Waals surface area contributed by atoms with Crippen LogP contribution in [-0.2, 0) is 14.3 Å². The van der Waals surface area contributed by atoms with Gasteiger partial charge < -0.3 is 20.5 Å². The van der Waals surface area contributed by atoms with E-state index in [-0.39, 0.29) is 43.1 Å². The zero-order valence-corrected chi connectivity index (χ0v) is 20.0. The van der Waals surface area contributed by atoms with Crippen molar-refractivity contribution in [1.82, 2.24) is 10.6 Å². The van der Waals surface area contributed by atoms with Gasteiger partial charge in [0.05, 0.1) is 6.42 Å². The standard InChI is InChI=1S/C27H34N2O5/c1-4-18(13-25(30)29-24(17(2)3)14-26(31)32)15-28-27(33)34-16-23-21-11-7-5-9-19(21)20-10-6-8-12-22(20)23/h5-12,17-18,23-24H,4,13-16H2,1-3H3,(H,28,33)(H,29,30)(H,31,32)/t18?,24-/m0/s1. The van der Waals surface area contributed by atoms with Crippen molar-refractivity contribution in [1.29, 1.82) is 0 Å². The van der Waals surface area contributed by atoms with Crippen LogP contribution < -0.4 is 10.6 Å². The van der Waals surface area contributed by atoms with Gasteiger partial charge in [0, 0.05) is 24.9 Å². The van der Waals surface area contributed by atoms with Crippen molar-refractivity contribution in [3.05, 3.63) is 59.7 Å². The molecule has 0 radical (unpaired) electrons. The van der Waals surface area contributed by atoms with E-state index in [2.05, 4.69) is 34.9 Å². The number of nitrogens with one attached hydrogen (secondary N) is 2. The lowest BCUT2D eigenvalue weighted by molar-refractivity contribution is -0.138. The number of carbonyl (C=O) groups is 3. The zero-order valence-electron chi connectivity index (χ0n) is 20.0. The first kappa shape index (κ1) is 25.3. The number of ether oxygens (including phenoxy) is 1. The minimum absolute atomic E-state index is 0.00639. The maximum atomic E-state index is 12.4. The van der Waals surface area contributed by atoms with Gasteiger partial charge in [0.15, 0.2) is 0 Å². The second kappa shape index (κ2) is 11.7. The third kappa shape index (κ3) is 6.37. The molecular formula is C27H34N2O5. The summed E-state index contributed by atoms with van der Waals surface area (Å²) in [6.07, 6.45) is 0.287. The van der Waals surface area contributed by atoms with Crippen molar-refractivity contribution in [3.63, 3.8) is 0 Å². The van der Waals surface area contributed by atoms with Crippen molar-refractivity contribution in [2.75, 3.05) is 13.2 Å². The van der Waals surface area contributed by atoms with E-state index in [1.807, 2.05) is 45.0 Å². The Morgan fingerprint density at radius 2 is 1.56 bits per heavy atom. The fourth-order valence-electron chi connectivity index (χ4n) is 4.41. The number of hydrogen-bond acceptors (Lipinski definition) is 4. The van der Waals surface area contributed by atoms with E-state index in [0.29, 0.717) is 13.0 Å². The smallest absolute Gasteiger partial charge is 0.407 e. The maximum absolute atomic E-state index is 12.4. The van der Waals surface area contributed by atoms with Gasteiger partial charge in [-0.15, -0.1) is 0 Å². The third-order valence-corrected chi connectivity index (χ3v) is 6.48. The molecule has 0 saturated carbocycles. The summed E-state index contributed by atoms with van der Waals surface area (Å²) in [6.45, 7) is 6.26. The van der Waals surface area contributed by atoms with Gasteiger partial charge in [-0.1, -0.05) is 75.7 Å². The quantitative estimate of drug-likeness (QED) is 0.450. The summed E-state index contributed by atoms with van der Waals surface area (Å²) in [7, 11) is 0. The number of fused-ring (bicyclic) bond motifs is 3. The fourth-order valence-corrected chi connectivity index (χ4v) is 4.41. The molecule has 34 heavy (non-hydrogen) atoms. The summed E-state index contributed by atoms with van der Waals surface area (Å²) >= 11 is 0. The molecule has 0 spiro atoms. The number of carboxylic acid groups (broad SMARTS) is 1. The molecule has 0 saturated heterocycles. The van der Waals surface area contributed by atoms with E-state index in [4.69, 9.17) is 9.84 Å². The molecule has 2 atom stereocenters. The average Bonchev–Trinajstić information content (AvgIpc) is 3.13. The molecule has 0 aromatic heterocycles. The Morgan fingerprint density at radius 1 is 0.971 bits per heavy atom. The van der Waals surface area contributed by atoms with Crippen LogP contribution in [0.4, 0.5) is 4.79 Å². The van der Waals surface area contributed by atoms with Gasteiger partial charge in [-0.05, 0) is 34.1 Å². The molecule has 2 aromatic rings. The number of carboxylic acids is 1. The van der Waals surface area contributed by atoms with Gasteiger partial charge in [0.1, 0.15) is 6.61 Å². The number of hydrogen-bond donors (Lipinski definition) is 3. The lowest BCUT2D eigenvalue weighted by atomic mass is 9.98. The van der Waals surface area contributed by atoms with Crippen molar-refractivity contribution < 1.29 is 24.2 Å². The normalized spacial score (nSPS) is 14.1. The molecule has 1 aliphatic carbocycles. The zero-order chi connectivity index (χ0) is 24.7. The number of rotatable bonds is 11. The first-order valence-corrected chi connectivity index (χ1v) is 11.9. The second-order valence-electron chi connectivity index (χ2n) is 9.20. The van der Waals surface area contributed by atoms with Crippen LogP contribution in [0.15, 0.2) is 48.5 Å². The summed E-state index contributed by atoms with van der Waals surface area (Å²) in [4.78, 5) is 35.9. The van der Waals surface area contributed by atoms with Crippen LogP contribution in [-0.4, -0.2) is 42.3 Å². The molecule has 0 aliphatic heterocycles. The van der Waals surface area contributed by atoms with Crippen LogP contribution in [0.5, 0.6) is 0 Å². The van der Waals surface area contributed by atoms with Crippen molar-refractivity contribution in [2.45, 2.75) is 52.0 Å². The van der Waals surface area contributed by atoms with Crippen LogP contribution in [0.3, 0.4) is 0 Å². The summed E-state index contributed by atoms with van der Waals surface area (Å²) in [6, 6.07) is 15.9. The molecule has 2 amide bonds. The Balaban J connectivity index is 1.50. The molecule has 0 heterocycles. The van der Waals surface area contributed by atoms with Gasteiger partial charge >= 0.3 is 12.1 Å². The number of alkyl carbamates (subject to hydrolysis) is 1. The molecule has 7 heteroatoms. The Morgan fingerprint density at radius 3 is 2.09 bits per heavy atom. The number of benzene rings is 2. The molecular weight excluding hydrogens is 432 g/mol. The number of carbonyl (C=O) groups excluding carboxylic acids is 2. The van der Waals surface area contributed by atoms with Crippen LogP contribution in [0.1, 0.15) is 57.1 Å². The van der Waals surface area contributed by atoms with Crippen molar-refractivity contribution in [2.24, 2.45) is 11.8 Å². The lowest BCUT2D eigenvalue weighted by Gasteiger charge is -2.22. The third-order valence-electron chi connectivity index (χ3n) is 6.48. The minimum atomic E-state index is -0.942. The van der Waals surface area contributed by atoms with Gasteiger partial charge in [0.25, 0.3) is 0 Å². The molecule has 7 nitrogen and oxygen atoms in total. The molecule has 2 aromatic carbocycles. The summed E-state index contributed by atoms with van der Waals surface area (Å²) < 4.78 is 5.56. The van der Waals surface area contributed by atoms with E-state index in [1.165, 1.54) is 11.1 Å². The van der Waals surface area contributed by atoms with Gasteiger partial charge in [-0.3, -0.25) is 9.59 Å². The molecule has 0 fully saturated rings. The Bertz CT molecular complexity index is 974. The molecule has 0 bridgehead atoms. The first-order chi connectivity index (χ1) is 16.3. The Hall–Kier alpha value is -3.35. The van der Waals surface area contributed by atoms with Crippen LogP contribution in [0, 0.1) is 11.8 Å². The maximum Gasteiger partial charge on any atom is 0.407 e. The highest BCUT2D eigenvalue weighted by atomic mass is 16.5. The average molecular weight is 467 g/mol. The highest BCUT2D eigenvalue weighted by Crippen LogP contribution is 2.44. The Labute approximate surface area is 200 Å². The SMILES string of the molecule is CCC(CNC(=O)OCC1c2ccccc2-c2ccccc21)CC(=O)N[C@@H](CC(=O)O)C(C)C. The molecule has 1 aliphatic rings. The highest BCUT2D eigenvalue weighted by molar-refractivity contribution is 5.79. The number of amides is 2. The van der Waals surface area contributed by atoms with Gasteiger partial charge in [-0.25, -0.2) is 4.79 Å². The van der Waals surface area contributed by atoms with E-state index < -0.39 is 18.1 Å². The summed E-state index contributed by atoms with van der Waals surface area (Å²) in [5.41, 5.74) is 4.65. The van der Waals surface area contributed by atoms with Crippen molar-refractivity contribution >= 4 is 18.0 Å². The minimum Gasteiger partial charge on any atom is -0.481 e. The first-order valence-electron chi connectivity index (χ1n) is 11.9. The predicted octanol–water partition coefficient (Wildman–Crippen LogP) is 4.56. The predicted molar refractivity (Wildman–Crippen MR) is 130 cm³/mol. The summed E-state index contributed by atoms with van der Waals surface area (Å²) in [5.74, 6) is -1.21. The van der Waals surface area contributed by atoms with Crippen LogP contribution >= 0.6 is 0 Å². The molecule has 3 N–H and O–H groups in total.